The molecule has 1 spiro atoms. The van der Waals surface area contributed by atoms with Crippen LogP contribution in [0.3, 0.4) is 0 Å². The molecule has 0 bridgehead atoms. The fourth-order valence-electron chi connectivity index (χ4n) is 3.57. The molecule has 1 saturated heterocycles. The third kappa shape index (κ3) is 1.63. The van der Waals surface area contributed by atoms with Crippen LogP contribution in [0.25, 0.3) is 5.65 Å². The molecule has 7 heteroatoms. The molecule has 0 radical (unpaired) electrons. The molecule has 1 unspecified atom stereocenters. The predicted molar refractivity (Wildman–Crippen MR) is 73.1 cm³/mol. The maximum absolute atomic E-state index is 11.6. The smallest absolute Gasteiger partial charge is 0.293 e. The van der Waals surface area contributed by atoms with E-state index in [1.165, 1.54) is 19.3 Å². The molecule has 7 nitrogen and oxygen atoms in total. The van der Waals surface area contributed by atoms with Gasteiger partial charge < -0.3 is 10.7 Å². The van der Waals surface area contributed by atoms with E-state index in [1.54, 1.807) is 16.8 Å². The highest BCUT2D eigenvalue weighted by molar-refractivity contribution is 5.33. The third-order valence-corrected chi connectivity index (χ3v) is 4.90. The molecular formula is C13H18N6O. The van der Waals surface area contributed by atoms with Gasteiger partial charge in [0.05, 0.1) is 6.54 Å². The number of nitrogens with one attached hydrogen (secondary N) is 1. The molecule has 2 aromatic heterocycles. The van der Waals surface area contributed by atoms with Gasteiger partial charge in [-0.2, -0.15) is 0 Å². The highest BCUT2D eigenvalue weighted by Gasteiger charge is 2.48. The first-order valence-electron chi connectivity index (χ1n) is 7.07. The minimum absolute atomic E-state index is 0.208. The molecular weight excluding hydrogens is 256 g/mol. The topological polar surface area (TPSA) is 92.3 Å². The number of H-pyrrole nitrogens is 1. The van der Waals surface area contributed by atoms with E-state index in [9.17, 15) is 4.79 Å². The standard InChI is InChI=1S/C13H18N6O/c14-9-6-18(8-13(9)2-1-3-13)7-10-16-17-11-12(20)15-4-5-19(10)11/h4-5,9H,1-3,6-8,14H2,(H,15,20). The summed E-state index contributed by atoms with van der Waals surface area (Å²) in [4.78, 5) is 16.6. The van der Waals surface area contributed by atoms with Crippen LogP contribution in [0, 0.1) is 5.41 Å². The van der Waals surface area contributed by atoms with Gasteiger partial charge in [-0.25, -0.2) is 0 Å². The number of likely N-dealkylation sites (tertiary alicyclic amines) is 1. The van der Waals surface area contributed by atoms with Crippen molar-refractivity contribution in [3.63, 3.8) is 0 Å². The summed E-state index contributed by atoms with van der Waals surface area (Å²) in [6.07, 6.45) is 7.19. The second-order valence-electron chi connectivity index (χ2n) is 6.09. The van der Waals surface area contributed by atoms with Crippen LogP contribution in [-0.2, 0) is 6.54 Å². The lowest BCUT2D eigenvalue weighted by Gasteiger charge is -2.41. The third-order valence-electron chi connectivity index (χ3n) is 4.90. The molecule has 0 amide bonds. The number of rotatable bonds is 2. The first-order chi connectivity index (χ1) is 9.68. The Morgan fingerprint density at radius 3 is 3.00 bits per heavy atom. The summed E-state index contributed by atoms with van der Waals surface area (Å²) in [5.74, 6) is 0.801. The van der Waals surface area contributed by atoms with Gasteiger partial charge in [0.2, 0.25) is 5.65 Å². The maximum atomic E-state index is 11.6. The largest absolute Gasteiger partial charge is 0.326 e. The van der Waals surface area contributed by atoms with Gasteiger partial charge in [-0.1, -0.05) is 6.42 Å². The number of hydrogen-bond donors (Lipinski definition) is 2. The van der Waals surface area contributed by atoms with Gasteiger partial charge in [-0.15, -0.1) is 10.2 Å². The first-order valence-corrected chi connectivity index (χ1v) is 7.07. The van der Waals surface area contributed by atoms with Crippen molar-refractivity contribution in [2.75, 3.05) is 13.1 Å². The average molecular weight is 274 g/mol. The average Bonchev–Trinajstić information content (AvgIpc) is 2.92. The quantitative estimate of drug-likeness (QED) is 0.786. The lowest BCUT2D eigenvalue weighted by molar-refractivity contribution is 0.121. The van der Waals surface area contributed by atoms with Crippen LogP contribution in [0.1, 0.15) is 25.1 Å². The Labute approximate surface area is 115 Å². The number of aromatic amines is 1. The highest BCUT2D eigenvalue weighted by atomic mass is 16.1. The number of hydrogen-bond acceptors (Lipinski definition) is 5. The molecule has 4 rings (SSSR count). The van der Waals surface area contributed by atoms with E-state index < -0.39 is 0 Å². The van der Waals surface area contributed by atoms with Crippen LogP contribution in [0.5, 0.6) is 0 Å². The molecule has 106 valence electrons. The van der Waals surface area contributed by atoms with Crippen molar-refractivity contribution in [1.82, 2.24) is 24.5 Å². The van der Waals surface area contributed by atoms with Gasteiger partial charge in [0, 0.05) is 31.5 Å². The summed E-state index contributed by atoms with van der Waals surface area (Å²) >= 11 is 0. The zero-order valence-electron chi connectivity index (χ0n) is 11.2. The van der Waals surface area contributed by atoms with E-state index in [4.69, 9.17) is 5.73 Å². The van der Waals surface area contributed by atoms with Crippen LogP contribution >= 0.6 is 0 Å². The Bertz CT molecular complexity index is 700. The van der Waals surface area contributed by atoms with Crippen molar-refractivity contribution >= 4 is 5.65 Å². The van der Waals surface area contributed by atoms with Crippen molar-refractivity contribution in [3.05, 3.63) is 28.6 Å². The second-order valence-corrected chi connectivity index (χ2v) is 6.09. The molecule has 2 fully saturated rings. The molecule has 2 aliphatic rings. The Kier molecular flexibility index (Phi) is 2.49. The fourth-order valence-corrected chi connectivity index (χ4v) is 3.57. The molecule has 1 aliphatic heterocycles. The maximum Gasteiger partial charge on any atom is 0.293 e. The molecule has 20 heavy (non-hydrogen) atoms. The van der Waals surface area contributed by atoms with Crippen molar-refractivity contribution in [3.8, 4) is 0 Å². The van der Waals surface area contributed by atoms with Crippen molar-refractivity contribution in [2.45, 2.75) is 31.8 Å². The summed E-state index contributed by atoms with van der Waals surface area (Å²) in [7, 11) is 0. The van der Waals surface area contributed by atoms with Crippen LogP contribution in [0.4, 0.5) is 0 Å². The molecule has 1 aliphatic carbocycles. The van der Waals surface area contributed by atoms with Crippen LogP contribution in [-0.4, -0.2) is 43.6 Å². The van der Waals surface area contributed by atoms with Crippen LogP contribution < -0.4 is 11.3 Å². The Hall–Kier alpha value is -1.73. The van der Waals surface area contributed by atoms with E-state index in [1.807, 2.05) is 0 Å². The van der Waals surface area contributed by atoms with Crippen molar-refractivity contribution < 1.29 is 0 Å². The van der Waals surface area contributed by atoms with Gasteiger partial charge >= 0.3 is 0 Å². The Balaban J connectivity index is 1.60. The SMILES string of the molecule is NC1CN(Cc2nnc3c(=O)[nH]ccn23)CC12CCC2. The Morgan fingerprint density at radius 1 is 1.45 bits per heavy atom. The van der Waals surface area contributed by atoms with Gasteiger partial charge in [0.1, 0.15) is 0 Å². The number of nitrogens with zero attached hydrogens (tertiary/aromatic N) is 4. The summed E-state index contributed by atoms with van der Waals surface area (Å²) in [6, 6.07) is 0.263. The molecule has 2 aromatic rings. The lowest BCUT2D eigenvalue weighted by atomic mass is 9.66. The van der Waals surface area contributed by atoms with E-state index in [-0.39, 0.29) is 11.6 Å². The molecule has 1 saturated carbocycles. The minimum Gasteiger partial charge on any atom is -0.326 e. The predicted octanol–water partition coefficient (Wildman–Crippen LogP) is -0.269. The summed E-state index contributed by atoms with van der Waals surface area (Å²) in [5, 5.41) is 8.11. The molecule has 3 N–H and O–H groups in total. The zero-order valence-corrected chi connectivity index (χ0v) is 11.2. The lowest BCUT2D eigenvalue weighted by Crippen LogP contribution is -2.45. The van der Waals surface area contributed by atoms with E-state index >= 15 is 0 Å². The van der Waals surface area contributed by atoms with Gasteiger partial charge in [0.25, 0.3) is 5.56 Å². The number of aromatic nitrogens is 4. The minimum atomic E-state index is -0.208. The van der Waals surface area contributed by atoms with Gasteiger partial charge in [-0.05, 0) is 18.3 Å². The summed E-state index contributed by atoms with van der Waals surface area (Å²) < 4.78 is 1.76. The number of nitrogens with two attached hydrogens (primary N) is 1. The first kappa shape index (κ1) is 12.0. The Morgan fingerprint density at radius 2 is 2.30 bits per heavy atom. The summed E-state index contributed by atoms with van der Waals surface area (Å²) in [6.45, 7) is 2.63. The fraction of sp³-hybridized carbons (Fsp3) is 0.615. The molecule has 3 heterocycles. The van der Waals surface area contributed by atoms with Gasteiger partial charge in [0.15, 0.2) is 5.82 Å². The van der Waals surface area contributed by atoms with E-state index in [0.29, 0.717) is 17.6 Å². The van der Waals surface area contributed by atoms with Crippen molar-refractivity contribution in [1.29, 1.82) is 0 Å². The summed E-state index contributed by atoms with van der Waals surface area (Å²) in [5.41, 5.74) is 6.77. The normalized spacial score (nSPS) is 25.4. The molecule has 0 aromatic carbocycles. The monoisotopic (exact) mass is 274 g/mol. The highest BCUT2D eigenvalue weighted by Crippen LogP contribution is 2.47. The van der Waals surface area contributed by atoms with E-state index in [0.717, 1.165) is 18.9 Å². The van der Waals surface area contributed by atoms with Crippen LogP contribution in [0.2, 0.25) is 0 Å². The van der Waals surface area contributed by atoms with Gasteiger partial charge in [-0.3, -0.25) is 14.1 Å². The number of fused-ring (bicyclic) bond motifs is 1. The van der Waals surface area contributed by atoms with E-state index in [2.05, 4.69) is 20.1 Å². The van der Waals surface area contributed by atoms with Crippen molar-refractivity contribution in [2.24, 2.45) is 11.1 Å². The zero-order chi connectivity index (χ0) is 13.7. The molecule has 1 atom stereocenters. The second kappa shape index (κ2) is 4.13. The van der Waals surface area contributed by atoms with Crippen LogP contribution in [0.15, 0.2) is 17.2 Å².